The van der Waals surface area contributed by atoms with Crippen LogP contribution in [-0.2, 0) is 11.3 Å². The molecule has 2 rings (SSSR count). The summed E-state index contributed by atoms with van der Waals surface area (Å²) < 4.78 is 6.62. The number of aliphatic hydroxyl groups is 2. The lowest BCUT2D eigenvalue weighted by Gasteiger charge is -2.43. The van der Waals surface area contributed by atoms with Crippen molar-refractivity contribution in [3.05, 3.63) is 22.3 Å². The lowest BCUT2D eigenvalue weighted by atomic mass is 10.0. The third-order valence-corrected chi connectivity index (χ3v) is 3.50. The molecule has 0 aliphatic carbocycles. The van der Waals surface area contributed by atoms with Crippen LogP contribution in [-0.4, -0.2) is 46.6 Å². The molecule has 0 amide bonds. The van der Waals surface area contributed by atoms with E-state index in [-0.39, 0.29) is 24.9 Å². The predicted octanol–water partition coefficient (Wildman–Crippen LogP) is 1.31. The molecule has 0 spiro atoms. The number of halogens is 1. The molecule has 2 heterocycles. The van der Waals surface area contributed by atoms with E-state index in [1.165, 1.54) is 0 Å². The summed E-state index contributed by atoms with van der Waals surface area (Å²) in [5, 5.41) is 18.8. The van der Waals surface area contributed by atoms with Gasteiger partial charge in [-0.3, -0.25) is 0 Å². The number of rotatable bonds is 3. The molecule has 1 unspecified atom stereocenters. The maximum atomic E-state index is 9.46. The molecule has 1 aromatic heterocycles. The van der Waals surface area contributed by atoms with E-state index in [4.69, 9.17) is 4.74 Å². The maximum Gasteiger partial charge on any atom is 0.134 e. The van der Waals surface area contributed by atoms with Crippen LogP contribution in [0.2, 0.25) is 0 Å². The van der Waals surface area contributed by atoms with Crippen LogP contribution in [0.4, 0.5) is 5.82 Å². The fourth-order valence-corrected chi connectivity index (χ4v) is 2.81. The Morgan fingerprint density at radius 1 is 1.53 bits per heavy atom. The van der Waals surface area contributed by atoms with E-state index >= 15 is 0 Å². The Kier molecular flexibility index (Phi) is 4.45. The molecule has 5 nitrogen and oxygen atoms in total. The number of morpholine rings is 1. The average Bonchev–Trinajstić information content (AvgIpc) is 2.36. The second kappa shape index (κ2) is 5.75. The van der Waals surface area contributed by atoms with Gasteiger partial charge in [-0.1, -0.05) is 0 Å². The van der Waals surface area contributed by atoms with Crippen molar-refractivity contribution in [2.45, 2.75) is 32.2 Å². The second-order valence-corrected chi connectivity index (χ2v) is 6.27. The fraction of sp³-hybridized carbons (Fsp3) is 0.615. The molecule has 1 fully saturated rings. The van der Waals surface area contributed by atoms with E-state index < -0.39 is 0 Å². The lowest BCUT2D eigenvalue weighted by Crippen LogP contribution is -2.54. The minimum absolute atomic E-state index is 0.0229. The Labute approximate surface area is 121 Å². The van der Waals surface area contributed by atoms with Crippen LogP contribution in [0, 0.1) is 0 Å². The first-order valence-corrected chi connectivity index (χ1v) is 7.03. The van der Waals surface area contributed by atoms with E-state index in [0.717, 1.165) is 15.9 Å². The Morgan fingerprint density at radius 3 is 2.89 bits per heavy atom. The first kappa shape index (κ1) is 14.7. The smallest absolute Gasteiger partial charge is 0.134 e. The van der Waals surface area contributed by atoms with Crippen LogP contribution in [0.15, 0.2) is 16.7 Å². The minimum Gasteiger partial charge on any atom is -0.394 e. The molecular weight excluding hydrogens is 312 g/mol. The topological polar surface area (TPSA) is 65.8 Å². The summed E-state index contributed by atoms with van der Waals surface area (Å²) in [6.07, 6.45) is 1.48. The highest BCUT2D eigenvalue weighted by molar-refractivity contribution is 9.10. The van der Waals surface area contributed by atoms with Gasteiger partial charge in [-0.25, -0.2) is 4.98 Å². The van der Waals surface area contributed by atoms with Gasteiger partial charge >= 0.3 is 0 Å². The quantitative estimate of drug-likeness (QED) is 0.874. The van der Waals surface area contributed by atoms with Gasteiger partial charge in [-0.05, 0) is 35.8 Å². The normalized spacial score (nSPS) is 22.6. The van der Waals surface area contributed by atoms with E-state index in [2.05, 4.69) is 25.8 Å². The van der Waals surface area contributed by atoms with E-state index in [1.54, 1.807) is 6.20 Å². The van der Waals surface area contributed by atoms with Crippen LogP contribution < -0.4 is 4.90 Å². The molecule has 6 heteroatoms. The molecule has 1 aliphatic heterocycles. The maximum absolute atomic E-state index is 9.46. The van der Waals surface area contributed by atoms with Crippen molar-refractivity contribution >= 4 is 21.7 Å². The van der Waals surface area contributed by atoms with Gasteiger partial charge in [0.1, 0.15) is 5.82 Å². The predicted molar refractivity (Wildman–Crippen MR) is 76.1 cm³/mol. The summed E-state index contributed by atoms with van der Waals surface area (Å²) in [6.45, 7) is 5.12. The minimum atomic E-state index is -0.354. The third kappa shape index (κ3) is 3.45. The molecule has 1 aromatic rings. The van der Waals surface area contributed by atoms with Gasteiger partial charge in [0.2, 0.25) is 0 Å². The zero-order valence-corrected chi connectivity index (χ0v) is 12.7. The molecule has 2 N–H and O–H groups in total. The lowest BCUT2D eigenvalue weighted by molar-refractivity contribution is -0.101. The number of nitrogens with zero attached hydrogens (tertiary/aromatic N) is 2. The van der Waals surface area contributed by atoms with Gasteiger partial charge in [-0.15, -0.1) is 0 Å². The van der Waals surface area contributed by atoms with Crippen LogP contribution in [0.1, 0.15) is 19.4 Å². The number of aliphatic hydroxyl groups excluding tert-OH is 2. The third-order valence-electron chi connectivity index (χ3n) is 3.06. The van der Waals surface area contributed by atoms with E-state index in [1.807, 2.05) is 19.9 Å². The monoisotopic (exact) mass is 330 g/mol. The molecule has 0 aromatic carbocycles. The van der Waals surface area contributed by atoms with Gasteiger partial charge in [0.15, 0.2) is 0 Å². The zero-order valence-electron chi connectivity index (χ0n) is 11.1. The van der Waals surface area contributed by atoms with Crippen LogP contribution >= 0.6 is 15.9 Å². The van der Waals surface area contributed by atoms with Crippen LogP contribution in [0.25, 0.3) is 0 Å². The van der Waals surface area contributed by atoms with Crippen molar-refractivity contribution in [3.63, 3.8) is 0 Å². The highest BCUT2D eigenvalue weighted by atomic mass is 79.9. The summed E-state index contributed by atoms with van der Waals surface area (Å²) in [5.74, 6) is 0.750. The first-order valence-electron chi connectivity index (χ1n) is 6.24. The van der Waals surface area contributed by atoms with Gasteiger partial charge in [-0.2, -0.15) is 0 Å². The number of hydrogen-bond donors (Lipinski definition) is 2. The molecule has 0 bridgehead atoms. The van der Waals surface area contributed by atoms with Gasteiger partial charge < -0.3 is 19.8 Å². The largest absolute Gasteiger partial charge is 0.394 e. The van der Waals surface area contributed by atoms with Crippen molar-refractivity contribution < 1.29 is 14.9 Å². The fourth-order valence-electron chi connectivity index (χ4n) is 2.43. The second-order valence-electron chi connectivity index (χ2n) is 5.36. The summed E-state index contributed by atoms with van der Waals surface area (Å²) in [4.78, 5) is 6.45. The zero-order chi connectivity index (χ0) is 14.0. The Hall–Kier alpha value is -0.690. The summed E-state index contributed by atoms with van der Waals surface area (Å²) in [7, 11) is 0. The highest BCUT2D eigenvalue weighted by Crippen LogP contribution is 2.28. The van der Waals surface area contributed by atoms with Gasteiger partial charge in [0.05, 0.1) is 24.9 Å². The summed E-state index contributed by atoms with van der Waals surface area (Å²) in [6, 6.07) is 1.86. The molecular formula is C13H19BrN2O3. The molecule has 19 heavy (non-hydrogen) atoms. The number of ether oxygens (including phenoxy) is 1. The van der Waals surface area contributed by atoms with Crippen LogP contribution in [0.3, 0.4) is 0 Å². The van der Waals surface area contributed by atoms with E-state index in [0.29, 0.717) is 13.1 Å². The molecule has 0 radical (unpaired) electrons. The number of hydrogen-bond acceptors (Lipinski definition) is 5. The van der Waals surface area contributed by atoms with Crippen LogP contribution in [0.5, 0.6) is 0 Å². The van der Waals surface area contributed by atoms with Crippen molar-refractivity contribution in [1.82, 2.24) is 4.98 Å². The van der Waals surface area contributed by atoms with Gasteiger partial charge in [0.25, 0.3) is 0 Å². The number of pyridine rings is 1. The molecule has 1 saturated heterocycles. The Bertz CT molecular complexity index is 454. The van der Waals surface area contributed by atoms with Gasteiger partial charge in [0, 0.05) is 29.3 Å². The number of anilines is 1. The van der Waals surface area contributed by atoms with Crippen molar-refractivity contribution in [2.24, 2.45) is 0 Å². The average molecular weight is 331 g/mol. The Balaban J connectivity index is 2.30. The standard InChI is InChI=1S/C13H19BrN2O3/c1-13(2)8-16(5-11(7-18)19-13)12-9(6-17)3-10(14)4-15-12/h3-4,11,17-18H,5-8H2,1-2H3. The summed E-state index contributed by atoms with van der Waals surface area (Å²) >= 11 is 3.35. The SMILES string of the molecule is CC1(C)CN(c2ncc(Br)cc2CO)CC(CO)O1. The Morgan fingerprint density at radius 2 is 2.26 bits per heavy atom. The van der Waals surface area contributed by atoms with E-state index in [9.17, 15) is 10.2 Å². The summed E-state index contributed by atoms with van der Waals surface area (Å²) in [5.41, 5.74) is 0.413. The van der Waals surface area contributed by atoms with Crippen molar-refractivity contribution in [1.29, 1.82) is 0 Å². The van der Waals surface area contributed by atoms with Crippen molar-refractivity contribution in [3.8, 4) is 0 Å². The number of aromatic nitrogens is 1. The molecule has 106 valence electrons. The molecule has 1 aliphatic rings. The first-order chi connectivity index (χ1) is 8.95. The highest BCUT2D eigenvalue weighted by Gasteiger charge is 2.34. The molecule has 0 saturated carbocycles. The molecule has 1 atom stereocenters. The van der Waals surface area contributed by atoms with Crippen molar-refractivity contribution in [2.75, 3.05) is 24.6 Å².